The molecule has 4 rings (SSSR count). The van der Waals surface area contributed by atoms with Gasteiger partial charge in [-0.05, 0) is 47.9 Å². The second-order valence-electron chi connectivity index (χ2n) is 7.47. The van der Waals surface area contributed by atoms with Gasteiger partial charge in [0.05, 0.1) is 14.1 Å². The molecule has 1 aromatic carbocycles. The maximum atomic E-state index is 12.2. The van der Waals surface area contributed by atoms with Gasteiger partial charge in [-0.2, -0.15) is 4.79 Å². The van der Waals surface area contributed by atoms with Gasteiger partial charge in [-0.3, -0.25) is 0 Å². The van der Waals surface area contributed by atoms with Gasteiger partial charge in [0, 0.05) is 11.7 Å². The van der Waals surface area contributed by atoms with Crippen molar-refractivity contribution in [3.63, 3.8) is 0 Å². The Kier molecular flexibility index (Phi) is 3.09. The molecule has 1 saturated carbocycles. The van der Waals surface area contributed by atoms with Gasteiger partial charge < -0.3 is 15.5 Å². The molecule has 122 valence electrons. The number of hydrogen-bond acceptors (Lipinski definition) is 3. The molecular weight excluding hydrogens is 290 g/mol. The highest BCUT2D eigenvalue weighted by Gasteiger charge is 2.59. The van der Waals surface area contributed by atoms with Crippen molar-refractivity contribution < 1.29 is 14.0 Å². The Morgan fingerprint density at radius 1 is 1.30 bits per heavy atom. The van der Waals surface area contributed by atoms with Crippen LogP contribution in [0.3, 0.4) is 0 Å². The number of likely N-dealkylation sites (N-methyl/N-ethyl adjacent to an activating group) is 1. The fraction of sp³-hybridized carbons (Fsp3) is 0.500. The Hall–Kier alpha value is -1.85. The molecule has 1 aliphatic carbocycles. The van der Waals surface area contributed by atoms with Crippen molar-refractivity contribution in [3.05, 3.63) is 36.0 Å². The van der Waals surface area contributed by atoms with Crippen LogP contribution in [0, 0.1) is 5.92 Å². The molecule has 0 spiro atoms. The molecule has 5 heteroatoms. The number of nitrogens with one attached hydrogen (secondary N) is 1. The number of amides is 1. The molecule has 2 atom stereocenters. The lowest BCUT2D eigenvalue weighted by Gasteiger charge is -2.48. The minimum absolute atomic E-state index is 0.0586. The number of hydrogen-bond donors (Lipinski definition) is 2. The number of benzene rings is 1. The number of nitrogens with two attached hydrogens (primary N) is 1. The fourth-order valence-electron chi connectivity index (χ4n) is 4.21. The second-order valence-corrected chi connectivity index (χ2v) is 7.47. The van der Waals surface area contributed by atoms with Crippen molar-refractivity contribution in [1.82, 2.24) is 4.98 Å². The van der Waals surface area contributed by atoms with Gasteiger partial charge in [0.15, 0.2) is 12.6 Å². The van der Waals surface area contributed by atoms with E-state index in [9.17, 15) is 4.79 Å². The Balaban J connectivity index is 1.84. The van der Waals surface area contributed by atoms with Gasteiger partial charge in [-0.1, -0.05) is 12.5 Å². The molecule has 23 heavy (non-hydrogen) atoms. The highest BCUT2D eigenvalue weighted by Crippen LogP contribution is 2.47. The zero-order chi connectivity index (χ0) is 16.2. The second kappa shape index (κ2) is 4.82. The molecule has 3 N–H and O–H groups in total. The van der Waals surface area contributed by atoms with E-state index in [-0.39, 0.29) is 16.6 Å². The number of nitrogens with zero attached hydrogens (tertiary/aromatic N) is 1. The smallest absolute Gasteiger partial charge is 0.414 e. The van der Waals surface area contributed by atoms with E-state index in [1.165, 1.54) is 6.42 Å². The third-order valence-corrected chi connectivity index (χ3v) is 6.00. The van der Waals surface area contributed by atoms with Crippen LogP contribution in [0.5, 0.6) is 0 Å². The van der Waals surface area contributed by atoms with E-state index in [1.54, 1.807) is 0 Å². The zero-order valence-electron chi connectivity index (χ0n) is 13.7. The summed E-state index contributed by atoms with van der Waals surface area (Å²) in [6.45, 7) is 0.393. The Morgan fingerprint density at radius 3 is 2.70 bits per heavy atom. The van der Waals surface area contributed by atoms with Crippen LogP contribution in [-0.2, 0) is 10.3 Å². The van der Waals surface area contributed by atoms with Crippen LogP contribution >= 0.6 is 0 Å². The third kappa shape index (κ3) is 1.96. The lowest BCUT2D eigenvalue weighted by molar-refractivity contribution is -0.833. The van der Waals surface area contributed by atoms with E-state index in [1.807, 2.05) is 20.3 Å². The number of carbonyl (C=O) groups is 1. The minimum Gasteiger partial charge on any atom is -0.414 e. The summed E-state index contributed by atoms with van der Waals surface area (Å²) in [4.78, 5) is 15.4. The molecule has 2 heterocycles. The maximum absolute atomic E-state index is 12.2. The third-order valence-electron chi connectivity index (χ3n) is 6.00. The number of cyclic esters (lactones) is 1. The summed E-state index contributed by atoms with van der Waals surface area (Å²) in [5.41, 5.74) is 8.75. The number of H-pyrrole nitrogens is 1. The number of carbonyl (C=O) groups excluding carboxylic acids is 1. The van der Waals surface area contributed by atoms with Crippen molar-refractivity contribution in [2.45, 2.75) is 30.8 Å². The first-order chi connectivity index (χ1) is 10.9. The molecular formula is C18H24N3O2+. The number of ether oxygens (including phenoxy) is 1. The first kappa shape index (κ1) is 14.7. The molecule has 1 amide bonds. The maximum Gasteiger partial charge on any atom is 0.516 e. The van der Waals surface area contributed by atoms with Crippen molar-refractivity contribution in [3.8, 4) is 0 Å². The molecule has 0 bridgehead atoms. The van der Waals surface area contributed by atoms with Crippen LogP contribution < -0.4 is 5.73 Å². The topological polar surface area (TPSA) is 68.1 Å². The number of quaternary nitrogens is 1. The average molecular weight is 314 g/mol. The van der Waals surface area contributed by atoms with Gasteiger partial charge in [-0.15, -0.1) is 0 Å². The molecule has 1 unspecified atom stereocenters. The van der Waals surface area contributed by atoms with Crippen LogP contribution in [0.15, 0.2) is 30.5 Å². The summed E-state index contributed by atoms with van der Waals surface area (Å²) in [6, 6.07) is 8.38. The minimum atomic E-state index is -0.542. The number of aromatic nitrogens is 1. The van der Waals surface area contributed by atoms with E-state index in [0.717, 1.165) is 29.3 Å². The largest absolute Gasteiger partial charge is 0.516 e. The zero-order valence-corrected chi connectivity index (χ0v) is 13.7. The molecule has 1 saturated heterocycles. The van der Waals surface area contributed by atoms with Crippen molar-refractivity contribution in [2.24, 2.45) is 11.7 Å². The summed E-state index contributed by atoms with van der Waals surface area (Å²) in [5, 5.41) is 1.16. The van der Waals surface area contributed by atoms with Crippen LogP contribution in [0.25, 0.3) is 10.9 Å². The molecule has 2 fully saturated rings. The lowest BCUT2D eigenvalue weighted by Crippen LogP contribution is -2.65. The van der Waals surface area contributed by atoms with Crippen LogP contribution in [0.1, 0.15) is 24.8 Å². The monoisotopic (exact) mass is 314 g/mol. The fourth-order valence-corrected chi connectivity index (χ4v) is 4.21. The Bertz CT molecular complexity index is 762. The Labute approximate surface area is 136 Å². The summed E-state index contributed by atoms with van der Waals surface area (Å²) >= 11 is 0. The van der Waals surface area contributed by atoms with Crippen LogP contribution in [0.4, 0.5) is 4.79 Å². The van der Waals surface area contributed by atoms with Crippen molar-refractivity contribution >= 4 is 17.0 Å². The summed E-state index contributed by atoms with van der Waals surface area (Å²) in [6.07, 6.45) is 5.20. The summed E-state index contributed by atoms with van der Waals surface area (Å²) < 4.78 is 5.58. The van der Waals surface area contributed by atoms with Gasteiger partial charge in [0.1, 0.15) is 5.54 Å². The summed E-state index contributed by atoms with van der Waals surface area (Å²) in [5.74, 6) is 0.399. The van der Waals surface area contributed by atoms with E-state index < -0.39 is 5.54 Å². The van der Waals surface area contributed by atoms with E-state index in [2.05, 4.69) is 29.2 Å². The van der Waals surface area contributed by atoms with Gasteiger partial charge in [0.25, 0.3) is 0 Å². The van der Waals surface area contributed by atoms with Gasteiger partial charge in [0.2, 0.25) is 0 Å². The van der Waals surface area contributed by atoms with Gasteiger partial charge >= 0.3 is 6.09 Å². The molecule has 5 nitrogen and oxygen atoms in total. The van der Waals surface area contributed by atoms with Gasteiger partial charge in [-0.25, -0.2) is 4.48 Å². The van der Waals surface area contributed by atoms with Crippen LogP contribution in [0.2, 0.25) is 0 Å². The first-order valence-corrected chi connectivity index (χ1v) is 8.31. The standard InChI is InChI=1S/C18H24N3O2/c1-21(2)16(11-23-17(21)22)18(19,13-4-3-5-13)14-6-7-15-12(10-14)8-9-20-15/h6-10,13,16,20H,3-5,11,19H2,1-2H3/q+1/t16-,18?/m1/s1. The number of fused-ring (bicyclic) bond motifs is 1. The molecule has 1 aromatic heterocycles. The quantitative estimate of drug-likeness (QED) is 0.856. The molecule has 0 radical (unpaired) electrons. The van der Waals surface area contributed by atoms with Crippen LogP contribution in [-0.4, -0.2) is 42.3 Å². The summed E-state index contributed by atoms with van der Waals surface area (Å²) in [7, 11) is 3.82. The highest BCUT2D eigenvalue weighted by molar-refractivity contribution is 5.80. The van der Waals surface area contributed by atoms with E-state index in [4.69, 9.17) is 10.5 Å². The average Bonchev–Trinajstić information content (AvgIpc) is 3.01. The lowest BCUT2D eigenvalue weighted by atomic mass is 9.64. The van der Waals surface area contributed by atoms with E-state index in [0.29, 0.717) is 12.5 Å². The first-order valence-electron chi connectivity index (χ1n) is 8.31. The molecule has 2 aliphatic rings. The predicted molar refractivity (Wildman–Crippen MR) is 88.7 cm³/mol. The molecule has 1 aliphatic heterocycles. The van der Waals surface area contributed by atoms with Crippen molar-refractivity contribution in [2.75, 3.05) is 20.7 Å². The number of aromatic amines is 1. The Morgan fingerprint density at radius 2 is 2.09 bits per heavy atom. The van der Waals surface area contributed by atoms with E-state index >= 15 is 0 Å². The number of rotatable bonds is 3. The van der Waals surface area contributed by atoms with Crippen molar-refractivity contribution in [1.29, 1.82) is 0 Å². The predicted octanol–water partition coefficient (Wildman–Crippen LogP) is 2.72. The normalized spacial score (nSPS) is 26.7. The molecule has 2 aromatic rings. The SMILES string of the molecule is C[N+]1(C)C(=O)OC[C@@H]1C(N)(c1ccc2[nH]ccc2c1)C1CCC1. The highest BCUT2D eigenvalue weighted by atomic mass is 16.6.